The molecule has 1 heterocycles. The summed E-state index contributed by atoms with van der Waals surface area (Å²) < 4.78 is 0. The van der Waals surface area contributed by atoms with Crippen molar-refractivity contribution in [2.24, 2.45) is 5.84 Å². The van der Waals surface area contributed by atoms with Gasteiger partial charge in [0.15, 0.2) is 0 Å². The first-order chi connectivity index (χ1) is 4.74. The molecule has 0 fully saturated rings. The van der Waals surface area contributed by atoms with Gasteiger partial charge in [0, 0.05) is 0 Å². The number of hydrogen-bond donors (Lipinski definition) is 2. The van der Waals surface area contributed by atoms with Gasteiger partial charge in [-0.15, -0.1) is 0 Å². The quantitative estimate of drug-likeness (QED) is 0.369. The van der Waals surface area contributed by atoms with Gasteiger partial charge in [0.05, 0.1) is 4.92 Å². The molecule has 0 amide bonds. The zero-order valence-electron chi connectivity index (χ0n) is 4.77. The molecule has 0 spiro atoms. The van der Waals surface area contributed by atoms with Crippen LogP contribution in [0.3, 0.4) is 0 Å². The summed E-state index contributed by atoms with van der Waals surface area (Å²) in [5, 5.41) is 10.4. The molecule has 0 radical (unpaired) electrons. The van der Waals surface area contributed by atoms with Gasteiger partial charge in [-0.05, 0) is 11.3 Å². The molecule has 1 aromatic rings. The highest BCUT2D eigenvalue weighted by Crippen LogP contribution is 2.23. The highest BCUT2D eigenvalue weighted by molar-refractivity contribution is 7.18. The van der Waals surface area contributed by atoms with E-state index in [1.165, 1.54) is 0 Å². The third kappa shape index (κ3) is 1.20. The third-order valence-electron chi connectivity index (χ3n) is 0.797. The molecule has 0 aliphatic heterocycles. The van der Waals surface area contributed by atoms with Gasteiger partial charge in [0.1, 0.15) is 6.20 Å². The molecule has 0 saturated heterocycles. The number of nitrogens with two attached hydrogens (primary N) is 1. The summed E-state index contributed by atoms with van der Waals surface area (Å²) in [5.74, 6) is 4.94. The van der Waals surface area contributed by atoms with E-state index in [2.05, 4.69) is 10.4 Å². The summed E-state index contributed by atoms with van der Waals surface area (Å²) in [4.78, 5) is 13.1. The molecule has 0 saturated carbocycles. The fraction of sp³-hybridized carbons (Fsp3) is 0. The van der Waals surface area contributed by atoms with Gasteiger partial charge in [-0.3, -0.25) is 15.5 Å². The van der Waals surface area contributed by atoms with Crippen LogP contribution in [0.1, 0.15) is 0 Å². The SMILES string of the molecule is NNc1ncc([N+](=O)[O-])s1. The first-order valence-corrected chi connectivity index (χ1v) is 3.12. The van der Waals surface area contributed by atoms with Crippen molar-refractivity contribution >= 4 is 21.5 Å². The van der Waals surface area contributed by atoms with Gasteiger partial charge >= 0.3 is 5.00 Å². The Labute approximate surface area is 59.8 Å². The monoisotopic (exact) mass is 160 g/mol. The van der Waals surface area contributed by atoms with Crippen LogP contribution in [0.25, 0.3) is 0 Å². The van der Waals surface area contributed by atoms with Crippen molar-refractivity contribution in [3.05, 3.63) is 16.3 Å². The van der Waals surface area contributed by atoms with E-state index in [1.54, 1.807) is 0 Å². The van der Waals surface area contributed by atoms with Crippen LogP contribution in [0.2, 0.25) is 0 Å². The number of thiazole rings is 1. The molecular weight excluding hydrogens is 156 g/mol. The Morgan fingerprint density at radius 1 is 1.90 bits per heavy atom. The highest BCUT2D eigenvalue weighted by Gasteiger charge is 2.09. The molecule has 0 bridgehead atoms. The Morgan fingerprint density at radius 3 is 2.90 bits per heavy atom. The van der Waals surface area contributed by atoms with Crippen LogP contribution in [0.15, 0.2) is 6.20 Å². The zero-order chi connectivity index (χ0) is 7.56. The van der Waals surface area contributed by atoms with E-state index in [0.717, 1.165) is 17.5 Å². The van der Waals surface area contributed by atoms with E-state index >= 15 is 0 Å². The van der Waals surface area contributed by atoms with Gasteiger partial charge in [-0.2, -0.15) is 0 Å². The number of hydrazine groups is 1. The second-order valence-electron chi connectivity index (χ2n) is 1.41. The summed E-state index contributed by atoms with van der Waals surface area (Å²) in [5.41, 5.74) is 2.21. The largest absolute Gasteiger partial charge is 0.345 e. The van der Waals surface area contributed by atoms with E-state index in [0.29, 0.717) is 5.13 Å². The Kier molecular flexibility index (Phi) is 1.78. The topological polar surface area (TPSA) is 94.1 Å². The molecular formula is C3H4N4O2S. The Hall–Kier alpha value is -1.21. The molecule has 0 atom stereocenters. The molecule has 0 aromatic carbocycles. The van der Waals surface area contributed by atoms with Crippen LogP contribution in [0.5, 0.6) is 0 Å². The fourth-order valence-electron chi connectivity index (χ4n) is 0.417. The molecule has 7 heteroatoms. The number of rotatable bonds is 2. The Morgan fingerprint density at radius 2 is 2.60 bits per heavy atom. The van der Waals surface area contributed by atoms with Gasteiger partial charge in [-0.1, -0.05) is 0 Å². The summed E-state index contributed by atoms with van der Waals surface area (Å²) in [7, 11) is 0. The average Bonchev–Trinajstić information content (AvgIpc) is 2.34. The molecule has 0 aliphatic rings. The maximum absolute atomic E-state index is 10.0. The third-order valence-corrected chi connectivity index (χ3v) is 1.68. The maximum Gasteiger partial charge on any atom is 0.345 e. The Bertz CT molecular complexity index is 246. The number of nitrogens with one attached hydrogen (secondary N) is 1. The lowest BCUT2D eigenvalue weighted by Crippen LogP contribution is -2.05. The molecule has 1 aromatic heterocycles. The average molecular weight is 160 g/mol. The number of aromatic nitrogens is 1. The zero-order valence-corrected chi connectivity index (χ0v) is 5.59. The molecule has 10 heavy (non-hydrogen) atoms. The van der Waals surface area contributed by atoms with E-state index in [9.17, 15) is 10.1 Å². The second-order valence-corrected chi connectivity index (χ2v) is 2.41. The number of anilines is 1. The van der Waals surface area contributed by atoms with E-state index in [1.807, 2.05) is 0 Å². The normalized spacial score (nSPS) is 9.30. The second kappa shape index (κ2) is 2.58. The van der Waals surface area contributed by atoms with Gasteiger partial charge in [0.25, 0.3) is 0 Å². The first-order valence-electron chi connectivity index (χ1n) is 2.31. The lowest BCUT2D eigenvalue weighted by molar-refractivity contribution is -0.380. The molecule has 3 N–H and O–H groups in total. The fourth-order valence-corrected chi connectivity index (χ4v) is 0.959. The smallest absolute Gasteiger partial charge is 0.300 e. The van der Waals surface area contributed by atoms with E-state index in [-0.39, 0.29) is 5.00 Å². The summed E-state index contributed by atoms with van der Waals surface area (Å²) in [6.07, 6.45) is 1.15. The van der Waals surface area contributed by atoms with Crippen LogP contribution in [0.4, 0.5) is 10.1 Å². The van der Waals surface area contributed by atoms with Crippen molar-refractivity contribution in [1.82, 2.24) is 4.98 Å². The van der Waals surface area contributed by atoms with Crippen LogP contribution < -0.4 is 11.3 Å². The van der Waals surface area contributed by atoms with Crippen molar-refractivity contribution in [3.8, 4) is 0 Å². The number of nitrogens with zero attached hydrogens (tertiary/aromatic N) is 2. The minimum atomic E-state index is -0.515. The molecule has 1 rings (SSSR count). The molecule has 54 valence electrons. The van der Waals surface area contributed by atoms with Crippen molar-refractivity contribution in [2.45, 2.75) is 0 Å². The Balaban J connectivity index is 2.88. The van der Waals surface area contributed by atoms with Gasteiger partial charge in [-0.25, -0.2) is 10.8 Å². The van der Waals surface area contributed by atoms with Crippen molar-refractivity contribution < 1.29 is 4.92 Å². The number of nitro groups is 1. The maximum atomic E-state index is 10.0. The minimum absolute atomic E-state index is 0.0204. The first kappa shape index (κ1) is 6.90. The minimum Gasteiger partial charge on any atom is -0.300 e. The van der Waals surface area contributed by atoms with Crippen LogP contribution in [-0.2, 0) is 0 Å². The van der Waals surface area contributed by atoms with Crippen LogP contribution in [-0.4, -0.2) is 9.91 Å². The van der Waals surface area contributed by atoms with Crippen LogP contribution >= 0.6 is 11.3 Å². The predicted octanol–water partition coefficient (Wildman–Crippen LogP) is 0.337. The number of nitrogen functional groups attached to an aromatic ring is 1. The molecule has 0 unspecified atom stereocenters. The van der Waals surface area contributed by atoms with Crippen molar-refractivity contribution in [3.63, 3.8) is 0 Å². The summed E-state index contributed by atoms with van der Waals surface area (Å²) >= 11 is 0.895. The van der Waals surface area contributed by atoms with E-state index < -0.39 is 4.92 Å². The van der Waals surface area contributed by atoms with Crippen LogP contribution in [0, 0.1) is 10.1 Å². The lowest BCUT2D eigenvalue weighted by Gasteiger charge is -1.84. The predicted molar refractivity (Wildman–Crippen MR) is 36.6 cm³/mol. The summed E-state index contributed by atoms with van der Waals surface area (Å²) in [6.45, 7) is 0. The number of hydrogen-bond acceptors (Lipinski definition) is 6. The molecule has 6 nitrogen and oxygen atoms in total. The standard InChI is InChI=1S/C3H4N4O2S/c4-6-3-5-1-2(10-3)7(8)9/h1H,4H2,(H,5,6). The van der Waals surface area contributed by atoms with Crippen molar-refractivity contribution in [1.29, 1.82) is 0 Å². The molecule has 0 aliphatic carbocycles. The van der Waals surface area contributed by atoms with Gasteiger partial charge < -0.3 is 0 Å². The van der Waals surface area contributed by atoms with Gasteiger partial charge in [0.2, 0.25) is 5.13 Å². The highest BCUT2D eigenvalue weighted by atomic mass is 32.1. The van der Waals surface area contributed by atoms with E-state index in [4.69, 9.17) is 5.84 Å². The summed E-state index contributed by atoms with van der Waals surface area (Å²) in [6, 6.07) is 0. The van der Waals surface area contributed by atoms with Crippen molar-refractivity contribution in [2.75, 3.05) is 5.43 Å². The lowest BCUT2D eigenvalue weighted by atomic mass is 10.9.